The van der Waals surface area contributed by atoms with Crippen LogP contribution in [0.5, 0.6) is 0 Å². The Hall–Kier alpha value is -4.16. The molecule has 3 aromatic rings. The van der Waals surface area contributed by atoms with Crippen molar-refractivity contribution in [1.29, 1.82) is 0 Å². The van der Waals surface area contributed by atoms with Gasteiger partial charge in [0.2, 0.25) is 5.91 Å². The van der Waals surface area contributed by atoms with Crippen LogP contribution < -0.4 is 16.0 Å². The number of hydrogen-bond acceptors (Lipinski definition) is 8. The molecule has 0 saturated heterocycles. The van der Waals surface area contributed by atoms with Gasteiger partial charge in [0, 0.05) is 18.3 Å². The molecule has 10 nitrogen and oxygen atoms in total. The number of nitrogens with zero attached hydrogens (tertiary/aromatic N) is 3. The maximum Gasteiger partial charge on any atom is 0.407 e. The minimum absolute atomic E-state index is 0.124. The lowest BCUT2D eigenvalue weighted by Crippen LogP contribution is -2.54. The quantitative estimate of drug-likeness (QED) is 0.153. The maximum atomic E-state index is 13.8. The van der Waals surface area contributed by atoms with Gasteiger partial charge in [0.1, 0.15) is 12.6 Å². The number of urea groups is 1. The molecule has 2 aromatic carbocycles. The molecular formula is C37H48N6O4S2. The summed E-state index contributed by atoms with van der Waals surface area (Å²) in [6, 6.07) is 17.8. The molecule has 0 fully saturated rings. The number of nitrogens with one attached hydrogen (secondary N) is 3. The molecule has 0 bridgehead atoms. The average Bonchev–Trinajstić information content (AvgIpc) is 3.78. The summed E-state index contributed by atoms with van der Waals surface area (Å²) in [6.07, 6.45) is 4.37. The second kappa shape index (κ2) is 19.1. The number of thioether (sulfide) groups is 1. The second-order valence-corrected chi connectivity index (χ2v) is 14.9. The first-order chi connectivity index (χ1) is 23.6. The number of aromatic nitrogens is 1. The number of benzene rings is 2. The van der Waals surface area contributed by atoms with Crippen LogP contribution in [0, 0.1) is 5.92 Å². The lowest BCUT2D eigenvalue weighted by molar-refractivity contribution is -0.124. The first-order valence-corrected chi connectivity index (χ1v) is 18.5. The van der Waals surface area contributed by atoms with E-state index in [0.29, 0.717) is 31.8 Å². The third kappa shape index (κ3) is 12.7. The Morgan fingerprint density at radius 2 is 1.53 bits per heavy atom. The van der Waals surface area contributed by atoms with Crippen LogP contribution in [0.25, 0.3) is 0 Å². The Kier molecular flexibility index (Phi) is 14.7. The molecule has 1 unspecified atom stereocenters. The summed E-state index contributed by atoms with van der Waals surface area (Å²) in [4.78, 5) is 50.3. The molecule has 262 valence electrons. The maximum absolute atomic E-state index is 13.8. The van der Waals surface area contributed by atoms with Gasteiger partial charge in [-0.2, -0.15) is 0 Å². The summed E-state index contributed by atoms with van der Waals surface area (Å²) in [7, 11) is 1.70. The second-order valence-electron chi connectivity index (χ2n) is 12.8. The van der Waals surface area contributed by atoms with E-state index in [1.165, 1.54) is 0 Å². The molecule has 2 heterocycles. The monoisotopic (exact) mass is 704 g/mol. The van der Waals surface area contributed by atoms with Gasteiger partial charge in [-0.1, -0.05) is 101 Å². The van der Waals surface area contributed by atoms with Crippen molar-refractivity contribution >= 4 is 46.7 Å². The standard InChI is InChI=1S/C37H48N6O4S2/c1-25(2)33(42-36(45)43(5)21-31-23-48-35(40-31)26(3)4)34(44)39-29(18-27-12-8-6-9-13-27)16-17-30(19-28-14-10-7-11-15-28)41-37(46)47-22-32-20-38-24-49-32/h6-17,23-26,29-30,32-33H,18-22H2,1-5H3,(H,39,44)(H,41,46)(H,42,45)/b17-16+/t29-,30-,32?,33+/m1/s1. The zero-order valence-corrected chi connectivity index (χ0v) is 30.5. The topological polar surface area (TPSA) is 125 Å². The highest BCUT2D eigenvalue weighted by molar-refractivity contribution is 8.12. The van der Waals surface area contributed by atoms with Gasteiger partial charge < -0.3 is 25.6 Å². The predicted molar refractivity (Wildman–Crippen MR) is 199 cm³/mol. The summed E-state index contributed by atoms with van der Waals surface area (Å²) in [5.41, 5.74) is 4.69. The van der Waals surface area contributed by atoms with Gasteiger partial charge in [0.05, 0.1) is 46.7 Å². The number of alkyl carbamates (subject to hydrolysis) is 1. The lowest BCUT2D eigenvalue weighted by atomic mass is 10.00. The molecule has 4 amide bonds. The van der Waals surface area contributed by atoms with Crippen LogP contribution in [0.4, 0.5) is 9.59 Å². The van der Waals surface area contributed by atoms with Crippen molar-refractivity contribution in [2.24, 2.45) is 10.9 Å². The van der Waals surface area contributed by atoms with E-state index >= 15 is 0 Å². The minimum Gasteiger partial charge on any atom is -0.448 e. The van der Waals surface area contributed by atoms with Gasteiger partial charge >= 0.3 is 12.1 Å². The fraction of sp³-hybridized carbons (Fsp3) is 0.432. The Bertz CT molecular complexity index is 1540. The van der Waals surface area contributed by atoms with Crippen LogP contribution in [-0.2, 0) is 28.9 Å². The van der Waals surface area contributed by atoms with Gasteiger partial charge in [-0.3, -0.25) is 9.79 Å². The third-order valence-corrected chi connectivity index (χ3v) is 10.0. The number of rotatable bonds is 16. The molecule has 1 aliphatic heterocycles. The molecule has 1 aromatic heterocycles. The number of carbonyl (C=O) groups excluding carboxylic acids is 3. The Labute approximate surface area is 298 Å². The Morgan fingerprint density at radius 3 is 2.06 bits per heavy atom. The van der Waals surface area contributed by atoms with Crippen LogP contribution in [0.15, 0.2) is 83.2 Å². The van der Waals surface area contributed by atoms with Gasteiger partial charge in [-0.25, -0.2) is 14.6 Å². The van der Waals surface area contributed by atoms with E-state index in [4.69, 9.17) is 4.74 Å². The molecule has 1 aliphatic rings. The summed E-state index contributed by atoms with van der Waals surface area (Å²) >= 11 is 3.14. The molecule has 49 heavy (non-hydrogen) atoms. The van der Waals surface area contributed by atoms with Gasteiger partial charge in [0.15, 0.2) is 0 Å². The van der Waals surface area contributed by atoms with Crippen molar-refractivity contribution in [2.75, 3.05) is 20.2 Å². The summed E-state index contributed by atoms with van der Waals surface area (Å²) in [5, 5.41) is 12.2. The predicted octanol–water partition coefficient (Wildman–Crippen LogP) is 6.20. The van der Waals surface area contributed by atoms with Crippen LogP contribution in [0.1, 0.15) is 55.4 Å². The van der Waals surface area contributed by atoms with Crippen LogP contribution >= 0.6 is 23.1 Å². The van der Waals surface area contributed by atoms with Gasteiger partial charge in [0.25, 0.3) is 0 Å². The number of amides is 4. The first-order valence-electron chi connectivity index (χ1n) is 16.7. The molecule has 0 saturated carbocycles. The van der Waals surface area contributed by atoms with E-state index in [-0.39, 0.29) is 29.7 Å². The zero-order chi connectivity index (χ0) is 35.2. The fourth-order valence-electron chi connectivity index (χ4n) is 5.15. The van der Waals surface area contributed by atoms with Crippen LogP contribution in [0.3, 0.4) is 0 Å². The van der Waals surface area contributed by atoms with Crippen LogP contribution in [0.2, 0.25) is 0 Å². The molecule has 12 heteroatoms. The SMILES string of the molecule is CC(C)c1nc(CN(C)C(=O)N[C@H](C(=O)N[C@H](/C=C/[C@H](Cc2ccccc2)NC(=O)OCC2CN=CS2)Cc2ccccc2)C(C)C)cs1. The van der Waals surface area contributed by atoms with Gasteiger partial charge in [-0.05, 0) is 29.9 Å². The van der Waals surface area contributed by atoms with Crippen molar-refractivity contribution in [3.8, 4) is 0 Å². The number of thiazole rings is 1. The largest absolute Gasteiger partial charge is 0.448 e. The average molecular weight is 705 g/mol. The Morgan fingerprint density at radius 1 is 0.918 bits per heavy atom. The smallest absolute Gasteiger partial charge is 0.407 e. The van der Waals surface area contributed by atoms with E-state index in [2.05, 4.69) is 39.8 Å². The summed E-state index contributed by atoms with van der Waals surface area (Å²) in [6.45, 7) is 9.23. The molecule has 0 aliphatic carbocycles. The highest BCUT2D eigenvalue weighted by Gasteiger charge is 2.27. The molecule has 0 spiro atoms. The van der Waals surface area contributed by atoms with Crippen molar-refractivity contribution in [1.82, 2.24) is 25.8 Å². The van der Waals surface area contributed by atoms with E-state index in [9.17, 15) is 14.4 Å². The minimum atomic E-state index is -0.770. The molecule has 0 radical (unpaired) electrons. The van der Waals surface area contributed by atoms with E-state index in [1.807, 2.05) is 92.0 Å². The number of carbonyl (C=O) groups is 3. The molecular weight excluding hydrogens is 657 g/mol. The number of ether oxygens (including phenoxy) is 1. The summed E-state index contributed by atoms with van der Waals surface area (Å²) < 4.78 is 5.52. The van der Waals surface area contributed by atoms with Crippen molar-refractivity contribution in [3.05, 3.63) is 100 Å². The Balaban J connectivity index is 1.46. The van der Waals surface area contributed by atoms with Crippen molar-refractivity contribution in [3.63, 3.8) is 0 Å². The highest BCUT2D eigenvalue weighted by atomic mass is 32.2. The van der Waals surface area contributed by atoms with Gasteiger partial charge in [-0.15, -0.1) is 23.1 Å². The van der Waals surface area contributed by atoms with Crippen molar-refractivity contribution in [2.45, 2.75) is 76.4 Å². The van der Waals surface area contributed by atoms with Crippen LogP contribution in [-0.4, -0.2) is 77.0 Å². The zero-order valence-electron chi connectivity index (χ0n) is 28.9. The number of hydrogen-bond donors (Lipinski definition) is 3. The van der Waals surface area contributed by atoms with E-state index in [0.717, 1.165) is 21.8 Å². The normalized spacial score (nSPS) is 16.0. The molecule has 4 rings (SSSR count). The van der Waals surface area contributed by atoms with E-state index < -0.39 is 24.2 Å². The van der Waals surface area contributed by atoms with Crippen molar-refractivity contribution < 1.29 is 19.1 Å². The summed E-state index contributed by atoms with van der Waals surface area (Å²) in [5.74, 6) is -0.142. The number of aliphatic imine (C=N–C) groups is 1. The lowest BCUT2D eigenvalue weighted by Gasteiger charge is -2.27. The third-order valence-electron chi connectivity index (χ3n) is 7.88. The molecule has 3 N–H and O–H groups in total. The fourth-order valence-corrected chi connectivity index (χ4v) is 6.64. The van der Waals surface area contributed by atoms with E-state index in [1.54, 1.807) is 40.6 Å². The molecule has 4 atom stereocenters. The highest BCUT2D eigenvalue weighted by Crippen LogP contribution is 2.20. The first kappa shape index (κ1) is 37.7.